The van der Waals surface area contributed by atoms with Gasteiger partial charge in [-0.15, -0.1) is 0 Å². The molecule has 1 unspecified atom stereocenters. The molecule has 166 valence electrons. The fourth-order valence-corrected chi connectivity index (χ4v) is 3.09. The van der Waals surface area contributed by atoms with E-state index in [9.17, 15) is 33.1 Å². The molecule has 1 aromatic heterocycles. The highest BCUT2D eigenvalue weighted by Gasteiger charge is 2.25. The molecule has 1 heterocycles. The molecule has 1 amide bonds. The number of amides is 1. The molecule has 11 heteroatoms. The number of quaternary nitrogens is 1. The number of nitrogens with zero attached hydrogens (tertiary/aromatic N) is 2. The average molecular weight is 445 g/mol. The zero-order chi connectivity index (χ0) is 23.6. The number of aryl methyl sites for hydroxylation is 1. The van der Waals surface area contributed by atoms with Crippen molar-refractivity contribution in [1.82, 2.24) is 14.5 Å². The van der Waals surface area contributed by atoms with E-state index in [1.54, 1.807) is 0 Å². The average Bonchev–Trinajstić information content (AvgIpc) is 2.71. The number of carbonyl (C=O) groups excluding carboxylic acids is 1. The lowest BCUT2D eigenvalue weighted by atomic mass is 10.0. The molecule has 9 nitrogen and oxygen atoms in total. The molecule has 0 aliphatic carbocycles. The molecule has 0 bridgehead atoms. The minimum absolute atomic E-state index is 0.0266. The van der Waals surface area contributed by atoms with Crippen LogP contribution in [0.3, 0.4) is 0 Å². The van der Waals surface area contributed by atoms with Crippen molar-refractivity contribution in [2.75, 3.05) is 0 Å². The van der Waals surface area contributed by atoms with Gasteiger partial charge in [-0.25, -0.2) is 22.9 Å². The molecular formula is C21H19F2N4O5+. The quantitative estimate of drug-likeness (QED) is 0.495. The summed E-state index contributed by atoms with van der Waals surface area (Å²) in [5.41, 5.74) is 2.13. The van der Waals surface area contributed by atoms with Gasteiger partial charge in [0.15, 0.2) is 0 Å². The second-order valence-corrected chi connectivity index (χ2v) is 7.05. The fraction of sp³-hybridized carbons (Fsp3) is 0.143. The maximum atomic E-state index is 14.0. The Hall–Kier alpha value is -4.12. The van der Waals surface area contributed by atoms with Crippen molar-refractivity contribution in [2.45, 2.75) is 12.5 Å². The van der Waals surface area contributed by atoms with Crippen LogP contribution < -0.4 is 22.3 Å². The van der Waals surface area contributed by atoms with Crippen LogP contribution in [0, 0.1) is 11.6 Å². The Morgan fingerprint density at radius 3 is 2.25 bits per heavy atom. The first kappa shape index (κ1) is 22.6. The van der Waals surface area contributed by atoms with Gasteiger partial charge in [-0.2, -0.15) is 0 Å². The van der Waals surface area contributed by atoms with Crippen LogP contribution in [0.4, 0.5) is 14.5 Å². The van der Waals surface area contributed by atoms with Gasteiger partial charge in [0.05, 0.1) is 5.69 Å². The highest BCUT2D eigenvalue weighted by atomic mass is 19.1. The van der Waals surface area contributed by atoms with E-state index in [-0.39, 0.29) is 17.8 Å². The molecule has 5 N–H and O–H groups in total. The number of carboxylic acids is 1. The highest BCUT2D eigenvalue weighted by Crippen LogP contribution is 2.16. The molecule has 0 fully saturated rings. The largest absolute Gasteiger partial charge is 0.480 e. The Morgan fingerprint density at radius 2 is 1.69 bits per heavy atom. The van der Waals surface area contributed by atoms with Gasteiger partial charge in [-0.05, 0) is 17.7 Å². The normalized spacial score (nSPS) is 11.8. The first-order chi connectivity index (χ1) is 15.1. The molecule has 0 spiro atoms. The van der Waals surface area contributed by atoms with E-state index < -0.39 is 46.4 Å². The molecule has 0 saturated heterocycles. The van der Waals surface area contributed by atoms with Crippen molar-refractivity contribution < 1.29 is 29.2 Å². The number of carboxylic acid groups (broad SMARTS) is 1. The Kier molecular flexibility index (Phi) is 6.30. The van der Waals surface area contributed by atoms with E-state index in [2.05, 4.69) is 11.1 Å². The van der Waals surface area contributed by atoms with E-state index in [4.69, 9.17) is 0 Å². The lowest BCUT2D eigenvalue weighted by Crippen LogP contribution is -2.43. The van der Waals surface area contributed by atoms with E-state index in [1.807, 2.05) is 0 Å². The summed E-state index contributed by atoms with van der Waals surface area (Å²) >= 11 is 0. The summed E-state index contributed by atoms with van der Waals surface area (Å²) in [6, 6.07) is 7.33. The van der Waals surface area contributed by atoms with Gasteiger partial charge in [-0.3, -0.25) is 9.59 Å². The van der Waals surface area contributed by atoms with Crippen LogP contribution in [0.2, 0.25) is 0 Å². The van der Waals surface area contributed by atoms with Crippen LogP contribution in [-0.4, -0.2) is 32.2 Å². The SMILES string of the molecule is Cn1ccc(=O)n(-c2ccc(CC(NC(=O)c3c(F)cc([NH3+])cc3F)C(=O)O)cc2)c1=O. The van der Waals surface area contributed by atoms with Crippen molar-refractivity contribution in [3.05, 3.63) is 92.3 Å². The number of nitrogens with one attached hydrogen (secondary N) is 1. The Balaban J connectivity index is 1.83. The molecule has 0 aliphatic heterocycles. The molecule has 32 heavy (non-hydrogen) atoms. The summed E-state index contributed by atoms with van der Waals surface area (Å²) in [5, 5.41) is 11.6. The van der Waals surface area contributed by atoms with Gasteiger partial charge in [0.1, 0.15) is 28.9 Å². The third-order valence-electron chi connectivity index (χ3n) is 4.72. The van der Waals surface area contributed by atoms with E-state index in [0.717, 1.165) is 16.7 Å². The molecule has 0 saturated carbocycles. The molecule has 2 aromatic carbocycles. The van der Waals surface area contributed by atoms with Crippen LogP contribution in [-0.2, 0) is 18.3 Å². The smallest absolute Gasteiger partial charge is 0.335 e. The van der Waals surface area contributed by atoms with Crippen molar-refractivity contribution in [2.24, 2.45) is 7.05 Å². The number of rotatable bonds is 6. The minimum atomic E-state index is -1.49. The van der Waals surface area contributed by atoms with E-state index >= 15 is 0 Å². The molecule has 0 radical (unpaired) electrons. The van der Waals surface area contributed by atoms with Crippen molar-refractivity contribution in [1.29, 1.82) is 0 Å². The summed E-state index contributed by atoms with van der Waals surface area (Å²) in [6.45, 7) is 0. The summed E-state index contributed by atoms with van der Waals surface area (Å²) in [7, 11) is 1.49. The zero-order valence-electron chi connectivity index (χ0n) is 16.8. The van der Waals surface area contributed by atoms with Gasteiger partial charge in [0.25, 0.3) is 11.5 Å². The molecule has 1 atom stereocenters. The summed E-state index contributed by atoms with van der Waals surface area (Å²) in [5.74, 6) is -4.94. The number of carbonyl (C=O) groups is 2. The first-order valence-electron chi connectivity index (χ1n) is 9.31. The van der Waals surface area contributed by atoms with Gasteiger partial charge < -0.3 is 20.7 Å². The number of benzene rings is 2. The maximum absolute atomic E-state index is 14.0. The molecule has 3 rings (SSSR count). The zero-order valence-corrected chi connectivity index (χ0v) is 16.8. The lowest BCUT2D eigenvalue weighted by Gasteiger charge is -2.16. The maximum Gasteiger partial charge on any atom is 0.335 e. The van der Waals surface area contributed by atoms with Gasteiger partial charge in [0.2, 0.25) is 0 Å². The predicted octanol–water partition coefficient (Wildman–Crippen LogP) is 0.114. The van der Waals surface area contributed by atoms with Crippen LogP contribution >= 0.6 is 0 Å². The first-order valence-corrected chi connectivity index (χ1v) is 9.31. The monoisotopic (exact) mass is 445 g/mol. The second kappa shape index (κ2) is 8.94. The predicted molar refractivity (Wildman–Crippen MR) is 109 cm³/mol. The second-order valence-electron chi connectivity index (χ2n) is 7.05. The van der Waals surface area contributed by atoms with Crippen molar-refractivity contribution >= 4 is 17.6 Å². The Bertz CT molecular complexity index is 1290. The number of hydrogen-bond acceptors (Lipinski definition) is 4. The van der Waals surface area contributed by atoms with E-state index in [0.29, 0.717) is 5.56 Å². The third-order valence-corrected chi connectivity index (χ3v) is 4.72. The molecule has 0 aliphatic rings. The van der Waals surface area contributed by atoms with Gasteiger partial charge in [0, 0.05) is 37.9 Å². The summed E-state index contributed by atoms with van der Waals surface area (Å²) in [4.78, 5) is 48.2. The Morgan fingerprint density at radius 1 is 1.09 bits per heavy atom. The third kappa shape index (κ3) is 4.62. The number of halogens is 2. The van der Waals surface area contributed by atoms with Crippen molar-refractivity contribution in [3.8, 4) is 5.69 Å². The number of hydrogen-bond donors (Lipinski definition) is 3. The fourth-order valence-electron chi connectivity index (χ4n) is 3.09. The number of aliphatic carboxylic acids is 1. The summed E-state index contributed by atoms with van der Waals surface area (Å²) in [6.07, 6.45) is 1.13. The van der Waals surface area contributed by atoms with Crippen LogP contribution in [0.5, 0.6) is 0 Å². The van der Waals surface area contributed by atoms with Crippen LogP contribution in [0.25, 0.3) is 5.69 Å². The molecule has 3 aromatic rings. The topological polar surface area (TPSA) is 138 Å². The highest BCUT2D eigenvalue weighted by molar-refractivity contribution is 5.97. The minimum Gasteiger partial charge on any atom is -0.480 e. The van der Waals surface area contributed by atoms with Gasteiger partial charge in [-0.1, -0.05) is 12.1 Å². The van der Waals surface area contributed by atoms with Crippen molar-refractivity contribution in [3.63, 3.8) is 0 Å². The van der Waals surface area contributed by atoms with Crippen LogP contribution in [0.1, 0.15) is 15.9 Å². The van der Waals surface area contributed by atoms with Crippen LogP contribution in [0.15, 0.2) is 58.3 Å². The van der Waals surface area contributed by atoms with E-state index in [1.165, 1.54) is 48.1 Å². The Labute approximate surface area is 179 Å². The number of aromatic nitrogens is 2. The summed E-state index contributed by atoms with van der Waals surface area (Å²) < 4.78 is 30.2. The van der Waals surface area contributed by atoms with Gasteiger partial charge >= 0.3 is 11.7 Å². The standard InChI is InChI=1S/C21H18F2N4O5/c1-26-7-6-17(28)27(21(26)32)13-4-2-11(3-5-13)8-16(20(30)31)25-19(29)18-14(22)9-12(24)10-15(18)23/h2-7,9-10,16H,8,24H2,1H3,(H,25,29)(H,30,31)/p+1. The molecular weight excluding hydrogens is 426 g/mol. The lowest BCUT2D eigenvalue weighted by molar-refractivity contribution is -0.255.